The van der Waals surface area contributed by atoms with Gasteiger partial charge in [0.2, 0.25) is 0 Å². The lowest BCUT2D eigenvalue weighted by Crippen LogP contribution is -2.44. The molecule has 0 amide bonds. The van der Waals surface area contributed by atoms with Gasteiger partial charge in [0, 0.05) is 31.9 Å². The van der Waals surface area contributed by atoms with Gasteiger partial charge >= 0.3 is 0 Å². The first-order chi connectivity index (χ1) is 10.2. The SMILES string of the molecule is CCC1COCCN1Cc1ccc(CNCC(C)C)cn1. The van der Waals surface area contributed by atoms with Crippen LogP contribution in [0.25, 0.3) is 0 Å². The lowest BCUT2D eigenvalue weighted by molar-refractivity contribution is -0.0132. The van der Waals surface area contributed by atoms with Gasteiger partial charge in [0.05, 0.1) is 18.9 Å². The molecule has 21 heavy (non-hydrogen) atoms. The molecule has 0 aromatic carbocycles. The largest absolute Gasteiger partial charge is 0.378 e. The molecular formula is C17H29N3O. The Bertz CT molecular complexity index is 405. The van der Waals surface area contributed by atoms with Gasteiger partial charge in [-0.3, -0.25) is 9.88 Å². The second kappa shape index (κ2) is 8.47. The summed E-state index contributed by atoms with van der Waals surface area (Å²) in [6, 6.07) is 4.89. The van der Waals surface area contributed by atoms with Gasteiger partial charge in [-0.25, -0.2) is 0 Å². The van der Waals surface area contributed by atoms with Crippen molar-refractivity contribution < 1.29 is 4.74 Å². The maximum Gasteiger partial charge on any atom is 0.0622 e. The van der Waals surface area contributed by atoms with E-state index in [-0.39, 0.29) is 0 Å². The number of morpholine rings is 1. The molecule has 0 saturated carbocycles. The minimum atomic E-state index is 0.535. The fourth-order valence-electron chi connectivity index (χ4n) is 2.64. The van der Waals surface area contributed by atoms with Gasteiger partial charge in [-0.05, 0) is 30.5 Å². The molecule has 1 N–H and O–H groups in total. The zero-order valence-electron chi connectivity index (χ0n) is 13.6. The molecule has 1 aromatic heterocycles. The number of aromatic nitrogens is 1. The van der Waals surface area contributed by atoms with Gasteiger partial charge in [-0.1, -0.05) is 26.8 Å². The van der Waals surface area contributed by atoms with E-state index in [1.807, 2.05) is 6.20 Å². The van der Waals surface area contributed by atoms with Gasteiger partial charge in [-0.15, -0.1) is 0 Å². The van der Waals surface area contributed by atoms with Crippen molar-refractivity contribution in [1.82, 2.24) is 15.2 Å². The zero-order chi connectivity index (χ0) is 15.1. The van der Waals surface area contributed by atoms with Crippen LogP contribution in [0.15, 0.2) is 18.3 Å². The molecule has 1 aliphatic rings. The maximum absolute atomic E-state index is 5.55. The molecule has 1 aliphatic heterocycles. The summed E-state index contributed by atoms with van der Waals surface area (Å²) in [7, 11) is 0. The third kappa shape index (κ3) is 5.38. The lowest BCUT2D eigenvalue weighted by atomic mass is 10.1. The molecule has 2 heterocycles. The summed E-state index contributed by atoms with van der Waals surface area (Å²) in [5.41, 5.74) is 2.41. The number of hydrogen-bond acceptors (Lipinski definition) is 4. The molecule has 0 aliphatic carbocycles. The average molecular weight is 291 g/mol. The fraction of sp³-hybridized carbons (Fsp3) is 0.706. The molecule has 1 atom stereocenters. The quantitative estimate of drug-likeness (QED) is 0.837. The Hall–Kier alpha value is -0.970. The summed E-state index contributed by atoms with van der Waals surface area (Å²) in [5.74, 6) is 0.685. The van der Waals surface area contributed by atoms with Crippen LogP contribution in [0.1, 0.15) is 38.4 Å². The van der Waals surface area contributed by atoms with Gasteiger partial charge in [-0.2, -0.15) is 0 Å². The van der Waals surface area contributed by atoms with Crippen molar-refractivity contribution in [3.05, 3.63) is 29.6 Å². The Morgan fingerprint density at radius 3 is 2.95 bits per heavy atom. The molecule has 0 spiro atoms. The Balaban J connectivity index is 1.83. The van der Waals surface area contributed by atoms with Crippen LogP contribution in [-0.4, -0.2) is 42.2 Å². The van der Waals surface area contributed by atoms with Crippen molar-refractivity contribution in [3.63, 3.8) is 0 Å². The van der Waals surface area contributed by atoms with E-state index in [4.69, 9.17) is 4.74 Å². The van der Waals surface area contributed by atoms with E-state index in [0.717, 1.165) is 51.5 Å². The van der Waals surface area contributed by atoms with Crippen LogP contribution in [0.3, 0.4) is 0 Å². The number of pyridine rings is 1. The molecule has 4 nitrogen and oxygen atoms in total. The van der Waals surface area contributed by atoms with Crippen molar-refractivity contribution in [2.75, 3.05) is 26.3 Å². The monoisotopic (exact) mass is 291 g/mol. The molecule has 1 fully saturated rings. The minimum absolute atomic E-state index is 0.535. The standard InChI is InChI=1S/C17H29N3O/c1-4-17-13-21-8-7-20(17)12-16-6-5-15(11-19-16)10-18-9-14(2)3/h5-6,11,14,17-18H,4,7-10,12-13H2,1-3H3. The second-order valence-corrected chi connectivity index (χ2v) is 6.29. The average Bonchev–Trinajstić information content (AvgIpc) is 2.49. The summed E-state index contributed by atoms with van der Waals surface area (Å²) in [6.45, 7) is 12.3. The van der Waals surface area contributed by atoms with Crippen molar-refractivity contribution >= 4 is 0 Å². The summed E-state index contributed by atoms with van der Waals surface area (Å²) in [6.07, 6.45) is 3.14. The topological polar surface area (TPSA) is 37.4 Å². The first kappa shape index (κ1) is 16.4. The molecule has 1 saturated heterocycles. The Labute approximate surface area is 128 Å². The molecule has 0 radical (unpaired) electrons. The van der Waals surface area contributed by atoms with Crippen molar-refractivity contribution in [1.29, 1.82) is 0 Å². The summed E-state index contributed by atoms with van der Waals surface area (Å²) in [5, 5.41) is 3.45. The Morgan fingerprint density at radius 2 is 2.29 bits per heavy atom. The Kier molecular flexibility index (Phi) is 6.61. The van der Waals surface area contributed by atoms with Crippen LogP contribution >= 0.6 is 0 Å². The highest BCUT2D eigenvalue weighted by Crippen LogP contribution is 2.13. The lowest BCUT2D eigenvalue weighted by Gasteiger charge is -2.34. The first-order valence-electron chi connectivity index (χ1n) is 8.15. The first-order valence-corrected chi connectivity index (χ1v) is 8.15. The van der Waals surface area contributed by atoms with E-state index in [0.29, 0.717) is 12.0 Å². The summed E-state index contributed by atoms with van der Waals surface area (Å²) >= 11 is 0. The third-order valence-corrected chi connectivity index (χ3v) is 3.95. The van der Waals surface area contributed by atoms with Crippen LogP contribution < -0.4 is 5.32 Å². The maximum atomic E-state index is 5.55. The van der Waals surface area contributed by atoms with Crippen LogP contribution in [0.4, 0.5) is 0 Å². The minimum Gasteiger partial charge on any atom is -0.378 e. The van der Waals surface area contributed by atoms with E-state index < -0.39 is 0 Å². The van der Waals surface area contributed by atoms with Crippen LogP contribution in [0.2, 0.25) is 0 Å². The van der Waals surface area contributed by atoms with E-state index in [2.05, 4.69) is 48.1 Å². The van der Waals surface area contributed by atoms with Gasteiger partial charge < -0.3 is 10.1 Å². The highest BCUT2D eigenvalue weighted by molar-refractivity contribution is 5.14. The molecule has 1 unspecified atom stereocenters. The summed E-state index contributed by atoms with van der Waals surface area (Å²) < 4.78 is 5.55. The van der Waals surface area contributed by atoms with Crippen LogP contribution in [-0.2, 0) is 17.8 Å². The van der Waals surface area contributed by atoms with Crippen molar-refractivity contribution in [2.24, 2.45) is 5.92 Å². The number of hydrogen-bond donors (Lipinski definition) is 1. The van der Waals surface area contributed by atoms with Crippen molar-refractivity contribution in [2.45, 2.75) is 46.3 Å². The molecule has 1 aromatic rings. The molecule has 4 heteroatoms. The number of ether oxygens (including phenoxy) is 1. The fourth-order valence-corrected chi connectivity index (χ4v) is 2.64. The van der Waals surface area contributed by atoms with E-state index in [9.17, 15) is 0 Å². The number of nitrogens with one attached hydrogen (secondary N) is 1. The predicted molar refractivity (Wildman–Crippen MR) is 86.1 cm³/mol. The number of rotatable bonds is 7. The molecule has 0 bridgehead atoms. The normalized spacial score (nSPS) is 20.1. The predicted octanol–water partition coefficient (Wildman–Crippen LogP) is 2.44. The smallest absolute Gasteiger partial charge is 0.0622 e. The van der Waals surface area contributed by atoms with E-state index >= 15 is 0 Å². The number of nitrogens with zero attached hydrogens (tertiary/aromatic N) is 2. The van der Waals surface area contributed by atoms with Gasteiger partial charge in [0.25, 0.3) is 0 Å². The molecular weight excluding hydrogens is 262 g/mol. The highest BCUT2D eigenvalue weighted by atomic mass is 16.5. The van der Waals surface area contributed by atoms with Crippen LogP contribution in [0.5, 0.6) is 0 Å². The Morgan fingerprint density at radius 1 is 1.43 bits per heavy atom. The van der Waals surface area contributed by atoms with Crippen molar-refractivity contribution in [3.8, 4) is 0 Å². The van der Waals surface area contributed by atoms with E-state index in [1.54, 1.807) is 0 Å². The molecule has 118 valence electrons. The molecule has 2 rings (SSSR count). The van der Waals surface area contributed by atoms with Crippen LogP contribution in [0, 0.1) is 5.92 Å². The summed E-state index contributed by atoms with van der Waals surface area (Å²) in [4.78, 5) is 7.11. The second-order valence-electron chi connectivity index (χ2n) is 6.29. The van der Waals surface area contributed by atoms with E-state index in [1.165, 1.54) is 5.56 Å². The zero-order valence-corrected chi connectivity index (χ0v) is 13.6. The highest BCUT2D eigenvalue weighted by Gasteiger charge is 2.21. The van der Waals surface area contributed by atoms with Gasteiger partial charge in [0.15, 0.2) is 0 Å². The third-order valence-electron chi connectivity index (χ3n) is 3.95. The van der Waals surface area contributed by atoms with Gasteiger partial charge in [0.1, 0.15) is 0 Å².